The normalized spacial score (nSPS) is 25.9. The summed E-state index contributed by atoms with van der Waals surface area (Å²) in [6, 6.07) is 8.54. The Morgan fingerprint density at radius 1 is 1.37 bits per heavy atom. The number of fused-ring (bicyclic) bond motifs is 1. The first kappa shape index (κ1) is 12.9. The summed E-state index contributed by atoms with van der Waals surface area (Å²) in [6.45, 7) is 6.13. The Balaban J connectivity index is 1.77. The highest BCUT2D eigenvalue weighted by Gasteiger charge is 2.41. The fourth-order valence-electron chi connectivity index (χ4n) is 2.73. The van der Waals surface area contributed by atoms with E-state index in [1.807, 2.05) is 18.2 Å². The van der Waals surface area contributed by atoms with Gasteiger partial charge in [-0.05, 0) is 13.0 Å². The lowest BCUT2D eigenvalue weighted by molar-refractivity contribution is -0.152. The zero-order valence-electron chi connectivity index (χ0n) is 11.3. The minimum atomic E-state index is -0.0758. The lowest BCUT2D eigenvalue weighted by atomic mass is 9.86. The maximum atomic E-state index is 9.58. The molecule has 0 saturated carbocycles. The van der Waals surface area contributed by atoms with Crippen molar-refractivity contribution in [3.8, 4) is 5.75 Å². The van der Waals surface area contributed by atoms with Gasteiger partial charge >= 0.3 is 0 Å². The Hall–Kier alpha value is -1.10. The third-order valence-corrected chi connectivity index (χ3v) is 4.14. The molecule has 1 aromatic rings. The summed E-state index contributed by atoms with van der Waals surface area (Å²) >= 11 is 0. The summed E-state index contributed by atoms with van der Waals surface area (Å²) in [5.74, 6) is 0.986. The second kappa shape index (κ2) is 5.12. The minimum Gasteiger partial charge on any atom is -0.492 e. The third kappa shape index (κ3) is 2.48. The molecule has 1 N–H and O–H groups in total. The molecule has 0 bridgehead atoms. The predicted molar refractivity (Wildman–Crippen MR) is 72.1 cm³/mol. The largest absolute Gasteiger partial charge is 0.492 e. The molecule has 1 aromatic carbocycles. The van der Waals surface area contributed by atoms with E-state index in [-0.39, 0.29) is 12.0 Å². The fourth-order valence-corrected chi connectivity index (χ4v) is 2.73. The molecule has 0 aromatic heterocycles. The van der Waals surface area contributed by atoms with Crippen LogP contribution in [0.2, 0.25) is 0 Å². The molecule has 2 aliphatic heterocycles. The molecule has 4 nitrogen and oxygen atoms in total. The number of aliphatic hydroxyl groups is 1. The quantitative estimate of drug-likeness (QED) is 0.892. The highest BCUT2D eigenvalue weighted by atomic mass is 16.5. The summed E-state index contributed by atoms with van der Waals surface area (Å²) in [5.41, 5.74) is 1.15. The number of rotatable bonds is 3. The van der Waals surface area contributed by atoms with Crippen molar-refractivity contribution in [1.82, 2.24) is 4.90 Å². The first-order chi connectivity index (χ1) is 9.22. The monoisotopic (exact) mass is 263 g/mol. The lowest BCUT2D eigenvalue weighted by Gasteiger charge is -2.44. The van der Waals surface area contributed by atoms with Crippen LogP contribution in [0, 0.1) is 5.41 Å². The summed E-state index contributed by atoms with van der Waals surface area (Å²) < 4.78 is 11.1. The van der Waals surface area contributed by atoms with Crippen LogP contribution in [0.25, 0.3) is 0 Å². The van der Waals surface area contributed by atoms with Gasteiger partial charge in [-0.2, -0.15) is 0 Å². The van der Waals surface area contributed by atoms with Crippen molar-refractivity contribution in [2.24, 2.45) is 5.41 Å². The van der Waals surface area contributed by atoms with Gasteiger partial charge in [0, 0.05) is 24.7 Å². The summed E-state index contributed by atoms with van der Waals surface area (Å²) in [6.07, 6.45) is 0. The van der Waals surface area contributed by atoms with Crippen LogP contribution in [-0.2, 0) is 11.3 Å². The van der Waals surface area contributed by atoms with E-state index >= 15 is 0 Å². The molecule has 104 valence electrons. The zero-order valence-corrected chi connectivity index (χ0v) is 11.3. The number of aliphatic hydroxyl groups excluding tert-OH is 1. The van der Waals surface area contributed by atoms with Gasteiger partial charge in [0.15, 0.2) is 0 Å². The van der Waals surface area contributed by atoms with Crippen LogP contribution in [-0.4, -0.2) is 49.0 Å². The van der Waals surface area contributed by atoms with Crippen LogP contribution < -0.4 is 4.74 Å². The van der Waals surface area contributed by atoms with Gasteiger partial charge in [-0.25, -0.2) is 0 Å². The van der Waals surface area contributed by atoms with Crippen LogP contribution in [0.1, 0.15) is 12.5 Å². The van der Waals surface area contributed by atoms with E-state index in [2.05, 4.69) is 17.9 Å². The van der Waals surface area contributed by atoms with Crippen LogP contribution in [0.5, 0.6) is 5.75 Å². The number of para-hydroxylation sites is 1. The van der Waals surface area contributed by atoms with E-state index in [0.717, 1.165) is 18.8 Å². The van der Waals surface area contributed by atoms with Gasteiger partial charge in [0.2, 0.25) is 0 Å². The number of ether oxygens (including phenoxy) is 2. The Labute approximate surface area is 113 Å². The molecule has 19 heavy (non-hydrogen) atoms. The first-order valence-electron chi connectivity index (χ1n) is 6.86. The molecule has 2 heterocycles. The highest BCUT2D eigenvalue weighted by molar-refractivity contribution is 5.34. The molecule has 0 amide bonds. The van der Waals surface area contributed by atoms with Crippen LogP contribution in [0.3, 0.4) is 0 Å². The van der Waals surface area contributed by atoms with E-state index in [0.29, 0.717) is 25.9 Å². The molecule has 2 aliphatic rings. The predicted octanol–water partition coefficient (Wildman–Crippen LogP) is 1.28. The molecule has 0 aliphatic carbocycles. The number of nitrogens with zero attached hydrogens (tertiary/aromatic N) is 1. The molecule has 4 heteroatoms. The van der Waals surface area contributed by atoms with Gasteiger partial charge in [-0.1, -0.05) is 18.2 Å². The molecular formula is C15H21NO3. The standard InChI is InChI=1S/C15H21NO3/c1-12-7-19-14-5-3-2-4-13(14)6-16(12)8-15(9-17)10-18-11-15/h2-5,12,17H,6-11H2,1H3. The Kier molecular flexibility index (Phi) is 3.48. The first-order valence-corrected chi connectivity index (χ1v) is 6.86. The van der Waals surface area contributed by atoms with Crippen LogP contribution in [0.4, 0.5) is 0 Å². The molecule has 1 fully saturated rings. The summed E-state index contributed by atoms with van der Waals surface area (Å²) in [5, 5.41) is 9.58. The number of hydrogen-bond acceptors (Lipinski definition) is 4. The smallest absolute Gasteiger partial charge is 0.123 e. The topological polar surface area (TPSA) is 41.9 Å². The maximum absolute atomic E-state index is 9.58. The highest BCUT2D eigenvalue weighted by Crippen LogP contribution is 2.31. The van der Waals surface area contributed by atoms with Crippen molar-refractivity contribution in [2.75, 3.05) is 33.0 Å². The summed E-state index contributed by atoms with van der Waals surface area (Å²) in [4.78, 5) is 2.39. The Morgan fingerprint density at radius 2 is 2.16 bits per heavy atom. The Bertz CT molecular complexity index is 439. The molecule has 1 atom stereocenters. The van der Waals surface area contributed by atoms with Gasteiger partial charge in [0.05, 0.1) is 25.2 Å². The van der Waals surface area contributed by atoms with Gasteiger partial charge in [0.25, 0.3) is 0 Å². The van der Waals surface area contributed by atoms with Crippen molar-refractivity contribution in [3.05, 3.63) is 29.8 Å². The number of benzene rings is 1. The van der Waals surface area contributed by atoms with Gasteiger partial charge in [-0.3, -0.25) is 4.90 Å². The molecular weight excluding hydrogens is 242 g/mol. The van der Waals surface area contributed by atoms with Crippen molar-refractivity contribution >= 4 is 0 Å². The van der Waals surface area contributed by atoms with E-state index in [1.54, 1.807) is 0 Å². The van der Waals surface area contributed by atoms with Crippen molar-refractivity contribution in [1.29, 1.82) is 0 Å². The maximum Gasteiger partial charge on any atom is 0.123 e. The molecule has 1 unspecified atom stereocenters. The van der Waals surface area contributed by atoms with Crippen molar-refractivity contribution < 1.29 is 14.6 Å². The third-order valence-electron chi connectivity index (χ3n) is 4.14. The van der Waals surface area contributed by atoms with Gasteiger partial charge < -0.3 is 14.6 Å². The lowest BCUT2D eigenvalue weighted by Crippen LogP contribution is -2.55. The molecule has 0 spiro atoms. The van der Waals surface area contributed by atoms with Crippen molar-refractivity contribution in [2.45, 2.75) is 19.5 Å². The van der Waals surface area contributed by atoms with Crippen LogP contribution >= 0.6 is 0 Å². The van der Waals surface area contributed by atoms with E-state index in [9.17, 15) is 5.11 Å². The summed E-state index contributed by atoms with van der Waals surface area (Å²) in [7, 11) is 0. The Morgan fingerprint density at radius 3 is 2.84 bits per heavy atom. The zero-order chi connectivity index (χ0) is 13.3. The molecule has 0 radical (unpaired) electrons. The average molecular weight is 263 g/mol. The molecule has 3 rings (SSSR count). The second-order valence-corrected chi connectivity index (χ2v) is 5.82. The SMILES string of the molecule is CC1COc2ccccc2CN1CC1(CO)COC1. The average Bonchev–Trinajstić information content (AvgIpc) is 2.54. The van der Waals surface area contributed by atoms with Gasteiger partial charge in [-0.15, -0.1) is 0 Å². The van der Waals surface area contributed by atoms with E-state index in [1.165, 1.54) is 5.56 Å². The molecule has 1 saturated heterocycles. The van der Waals surface area contributed by atoms with Gasteiger partial charge in [0.1, 0.15) is 12.4 Å². The van der Waals surface area contributed by atoms with E-state index < -0.39 is 0 Å². The second-order valence-electron chi connectivity index (χ2n) is 5.82. The fraction of sp³-hybridized carbons (Fsp3) is 0.600. The van der Waals surface area contributed by atoms with E-state index in [4.69, 9.17) is 9.47 Å². The number of hydrogen-bond donors (Lipinski definition) is 1. The van der Waals surface area contributed by atoms with Crippen molar-refractivity contribution in [3.63, 3.8) is 0 Å². The van der Waals surface area contributed by atoms with Crippen LogP contribution in [0.15, 0.2) is 24.3 Å². The minimum absolute atomic E-state index is 0.0758.